The summed E-state index contributed by atoms with van der Waals surface area (Å²) >= 11 is 0. The molecule has 0 aromatic carbocycles. The largest absolute Gasteiger partial charge is 0.481 e. The highest BCUT2D eigenvalue weighted by Gasteiger charge is 2.11. The Morgan fingerprint density at radius 2 is 1.44 bits per heavy atom. The van der Waals surface area contributed by atoms with Crippen molar-refractivity contribution in [3.63, 3.8) is 0 Å². The first kappa shape index (κ1) is 17.4. The van der Waals surface area contributed by atoms with E-state index in [1.165, 1.54) is 51.4 Å². The van der Waals surface area contributed by atoms with Crippen molar-refractivity contribution in [1.29, 1.82) is 0 Å². The third kappa shape index (κ3) is 11.9. The smallest absolute Gasteiger partial charge is 0.303 e. The molecule has 1 atom stereocenters. The number of hydrogen-bond acceptors (Lipinski definition) is 2. The van der Waals surface area contributed by atoms with Gasteiger partial charge in [-0.2, -0.15) is 0 Å². The lowest BCUT2D eigenvalue weighted by atomic mass is 9.98. The second-order valence-electron chi connectivity index (χ2n) is 5.26. The first-order chi connectivity index (χ1) is 8.70. The van der Waals surface area contributed by atoms with Crippen LogP contribution in [0.1, 0.15) is 77.6 Å². The van der Waals surface area contributed by atoms with E-state index in [4.69, 9.17) is 10.2 Å². The van der Waals surface area contributed by atoms with E-state index in [1.807, 2.05) is 0 Å². The number of aliphatic hydroxyl groups excluding tert-OH is 1. The van der Waals surface area contributed by atoms with Gasteiger partial charge < -0.3 is 10.2 Å². The van der Waals surface area contributed by atoms with Crippen molar-refractivity contribution in [2.45, 2.75) is 77.6 Å². The summed E-state index contributed by atoms with van der Waals surface area (Å²) in [4.78, 5) is 10.5. The van der Waals surface area contributed by atoms with Crippen molar-refractivity contribution in [1.82, 2.24) is 0 Å². The van der Waals surface area contributed by atoms with E-state index in [0.29, 0.717) is 0 Å². The Morgan fingerprint density at radius 1 is 0.944 bits per heavy atom. The number of hydrogen-bond donors (Lipinski definition) is 2. The monoisotopic (exact) mass is 258 g/mol. The number of aliphatic carboxylic acids is 1. The van der Waals surface area contributed by atoms with Crippen molar-refractivity contribution in [2.24, 2.45) is 5.92 Å². The topological polar surface area (TPSA) is 57.5 Å². The third-order valence-corrected chi connectivity index (χ3v) is 3.44. The fraction of sp³-hybridized carbons (Fsp3) is 0.933. The normalized spacial score (nSPS) is 12.6. The molecule has 0 aliphatic heterocycles. The molecule has 0 aliphatic rings. The van der Waals surface area contributed by atoms with Gasteiger partial charge in [-0.15, -0.1) is 0 Å². The molecule has 0 aliphatic carbocycles. The number of rotatable bonds is 13. The summed E-state index contributed by atoms with van der Waals surface area (Å²) in [6, 6.07) is 0. The zero-order valence-electron chi connectivity index (χ0n) is 11.9. The Hall–Kier alpha value is -0.570. The van der Waals surface area contributed by atoms with E-state index < -0.39 is 5.97 Å². The van der Waals surface area contributed by atoms with Gasteiger partial charge in [-0.25, -0.2) is 0 Å². The van der Waals surface area contributed by atoms with Gasteiger partial charge in [-0.1, -0.05) is 64.7 Å². The van der Waals surface area contributed by atoms with Gasteiger partial charge in [0.15, 0.2) is 0 Å². The molecule has 0 rings (SSSR count). The highest BCUT2D eigenvalue weighted by atomic mass is 16.4. The van der Waals surface area contributed by atoms with E-state index in [-0.39, 0.29) is 18.9 Å². The number of carboxylic acid groups (broad SMARTS) is 1. The summed E-state index contributed by atoms with van der Waals surface area (Å²) in [5.41, 5.74) is 0. The van der Waals surface area contributed by atoms with Gasteiger partial charge in [0.05, 0.1) is 6.42 Å². The van der Waals surface area contributed by atoms with E-state index in [2.05, 4.69) is 6.92 Å². The maximum atomic E-state index is 10.5. The van der Waals surface area contributed by atoms with Crippen LogP contribution in [0.5, 0.6) is 0 Å². The van der Waals surface area contributed by atoms with Crippen LogP contribution in [-0.2, 0) is 4.79 Å². The maximum Gasteiger partial charge on any atom is 0.303 e. The van der Waals surface area contributed by atoms with Gasteiger partial charge in [0.1, 0.15) is 0 Å². The van der Waals surface area contributed by atoms with Crippen molar-refractivity contribution < 1.29 is 15.0 Å². The zero-order chi connectivity index (χ0) is 13.6. The minimum atomic E-state index is -0.801. The highest BCUT2D eigenvalue weighted by molar-refractivity contribution is 5.66. The van der Waals surface area contributed by atoms with Crippen LogP contribution in [0.2, 0.25) is 0 Å². The summed E-state index contributed by atoms with van der Waals surface area (Å²) in [7, 11) is 0. The van der Waals surface area contributed by atoms with Gasteiger partial charge in [-0.05, 0) is 12.3 Å². The van der Waals surface area contributed by atoms with E-state index in [1.54, 1.807) is 0 Å². The molecule has 0 bridgehead atoms. The van der Waals surface area contributed by atoms with Crippen molar-refractivity contribution in [3.8, 4) is 0 Å². The van der Waals surface area contributed by atoms with Gasteiger partial charge in [-0.3, -0.25) is 4.79 Å². The summed E-state index contributed by atoms with van der Waals surface area (Å²) < 4.78 is 0. The van der Waals surface area contributed by atoms with Crippen LogP contribution in [0.15, 0.2) is 0 Å². The van der Waals surface area contributed by atoms with Crippen LogP contribution in [0, 0.1) is 5.92 Å². The molecule has 0 saturated carbocycles. The molecular formula is C15H30O3. The maximum absolute atomic E-state index is 10.5. The Kier molecular flexibility index (Phi) is 12.5. The molecule has 0 saturated heterocycles. The summed E-state index contributed by atoms with van der Waals surface area (Å²) in [6.45, 7) is 2.23. The molecule has 3 heteroatoms. The zero-order valence-corrected chi connectivity index (χ0v) is 11.9. The van der Waals surface area contributed by atoms with Crippen molar-refractivity contribution >= 4 is 5.97 Å². The van der Waals surface area contributed by atoms with Gasteiger partial charge >= 0.3 is 5.97 Å². The minimum Gasteiger partial charge on any atom is -0.481 e. The lowest BCUT2D eigenvalue weighted by Gasteiger charge is -2.10. The highest BCUT2D eigenvalue weighted by Crippen LogP contribution is 2.15. The summed E-state index contributed by atoms with van der Waals surface area (Å²) in [5.74, 6) is -0.850. The molecule has 0 fully saturated rings. The van der Waals surface area contributed by atoms with E-state index >= 15 is 0 Å². The first-order valence-electron chi connectivity index (χ1n) is 7.53. The van der Waals surface area contributed by atoms with Crippen LogP contribution in [0.3, 0.4) is 0 Å². The average Bonchev–Trinajstić information content (AvgIpc) is 2.35. The number of carboxylic acids is 1. The number of carbonyl (C=O) groups is 1. The minimum absolute atomic E-state index is 0.00329. The lowest BCUT2D eigenvalue weighted by Crippen LogP contribution is -2.11. The molecule has 2 N–H and O–H groups in total. The Balaban J connectivity index is 3.25. The molecule has 0 unspecified atom stereocenters. The Bertz CT molecular complexity index is 192. The summed E-state index contributed by atoms with van der Waals surface area (Å²) in [6.07, 6.45) is 12.4. The molecule has 0 amide bonds. The molecule has 0 spiro atoms. The van der Waals surface area contributed by atoms with Crippen LogP contribution in [-0.4, -0.2) is 22.8 Å². The molecular weight excluding hydrogens is 228 g/mol. The lowest BCUT2D eigenvalue weighted by molar-refractivity contribution is -0.138. The van der Waals surface area contributed by atoms with Crippen molar-refractivity contribution in [2.75, 3.05) is 6.61 Å². The predicted molar refractivity (Wildman–Crippen MR) is 74.7 cm³/mol. The van der Waals surface area contributed by atoms with Gasteiger partial charge in [0, 0.05) is 6.61 Å². The Labute approximate surface area is 112 Å². The molecule has 108 valence electrons. The first-order valence-corrected chi connectivity index (χ1v) is 7.53. The third-order valence-electron chi connectivity index (χ3n) is 3.44. The standard InChI is InChI=1S/C15H30O3/c1-2-3-4-5-6-7-8-9-10-11-14(13-16)12-15(17)18/h14,16H,2-13H2,1H3,(H,17,18)/t14-/m1/s1. The molecule has 0 radical (unpaired) electrons. The quantitative estimate of drug-likeness (QED) is 0.491. The SMILES string of the molecule is CCCCCCCCCCC[C@@H](CO)CC(=O)O. The fourth-order valence-corrected chi connectivity index (χ4v) is 2.25. The predicted octanol–water partition coefficient (Wildman–Crippen LogP) is 3.99. The van der Waals surface area contributed by atoms with Crippen LogP contribution < -0.4 is 0 Å². The second kappa shape index (κ2) is 12.9. The van der Waals surface area contributed by atoms with Crippen LogP contribution >= 0.6 is 0 Å². The number of unbranched alkanes of at least 4 members (excludes halogenated alkanes) is 8. The fourth-order valence-electron chi connectivity index (χ4n) is 2.25. The van der Waals surface area contributed by atoms with Gasteiger partial charge in [0.25, 0.3) is 0 Å². The van der Waals surface area contributed by atoms with Crippen LogP contribution in [0.4, 0.5) is 0 Å². The van der Waals surface area contributed by atoms with E-state index in [0.717, 1.165) is 12.8 Å². The molecule has 0 heterocycles. The summed E-state index contributed by atoms with van der Waals surface area (Å²) in [5, 5.41) is 17.7. The number of aliphatic hydroxyl groups is 1. The second-order valence-corrected chi connectivity index (χ2v) is 5.26. The van der Waals surface area contributed by atoms with Crippen LogP contribution in [0.25, 0.3) is 0 Å². The molecule has 18 heavy (non-hydrogen) atoms. The average molecular weight is 258 g/mol. The molecule has 3 nitrogen and oxygen atoms in total. The molecule has 0 aromatic heterocycles. The van der Waals surface area contributed by atoms with Crippen molar-refractivity contribution in [3.05, 3.63) is 0 Å². The van der Waals surface area contributed by atoms with E-state index in [9.17, 15) is 4.79 Å². The van der Waals surface area contributed by atoms with Gasteiger partial charge in [0.2, 0.25) is 0 Å². The molecule has 0 aromatic rings. The Morgan fingerprint density at radius 3 is 1.89 bits per heavy atom.